The molecule has 1 fully saturated rings. The van der Waals surface area contributed by atoms with Gasteiger partial charge in [0.2, 0.25) is 10.0 Å². The van der Waals surface area contributed by atoms with Gasteiger partial charge in [-0.1, -0.05) is 6.07 Å². The smallest absolute Gasteiger partial charge is 0.255 e. The summed E-state index contributed by atoms with van der Waals surface area (Å²) >= 11 is 0. The van der Waals surface area contributed by atoms with Crippen LogP contribution in [-0.2, 0) is 14.8 Å². The lowest BCUT2D eigenvalue weighted by Gasteiger charge is -2.26. The number of carbonyl (C=O) groups is 1. The molecule has 1 amide bonds. The number of morpholine rings is 1. The Labute approximate surface area is 165 Å². The van der Waals surface area contributed by atoms with Crippen molar-refractivity contribution in [3.8, 4) is 5.75 Å². The molecule has 1 saturated heterocycles. The Balaban J connectivity index is 1.91. The molecular formula is C20H24N2O5S. The molecule has 0 spiro atoms. The van der Waals surface area contributed by atoms with E-state index in [0.29, 0.717) is 18.9 Å². The SMILES string of the molecule is COc1ccc(C(=O)Nc2ccc(C)c(C)c2)cc1S(=O)(=O)N1CCOCC1. The van der Waals surface area contributed by atoms with Gasteiger partial charge in [-0.2, -0.15) is 4.31 Å². The van der Waals surface area contributed by atoms with Gasteiger partial charge in [0.15, 0.2) is 0 Å². The van der Waals surface area contributed by atoms with Gasteiger partial charge in [0.25, 0.3) is 5.91 Å². The molecule has 2 aromatic rings. The predicted octanol–water partition coefficient (Wildman–Crippen LogP) is 2.59. The molecule has 0 aromatic heterocycles. The minimum absolute atomic E-state index is 0.0235. The lowest BCUT2D eigenvalue weighted by molar-refractivity contribution is 0.0729. The van der Waals surface area contributed by atoms with Crippen LogP contribution in [0.2, 0.25) is 0 Å². The predicted molar refractivity (Wildman–Crippen MR) is 106 cm³/mol. The third kappa shape index (κ3) is 4.19. The molecule has 1 aliphatic heterocycles. The standard InChI is InChI=1S/C20H24N2O5S/c1-14-4-6-17(12-15(14)2)21-20(23)16-5-7-18(26-3)19(13-16)28(24,25)22-8-10-27-11-9-22/h4-7,12-13H,8-11H2,1-3H3,(H,21,23). The van der Waals surface area contributed by atoms with E-state index in [1.54, 1.807) is 6.07 Å². The Morgan fingerprint density at radius 2 is 1.79 bits per heavy atom. The number of hydrogen-bond donors (Lipinski definition) is 1. The average Bonchev–Trinajstić information content (AvgIpc) is 2.71. The molecule has 0 aliphatic carbocycles. The van der Waals surface area contributed by atoms with Crippen molar-refractivity contribution < 1.29 is 22.7 Å². The summed E-state index contributed by atoms with van der Waals surface area (Å²) in [7, 11) is -2.39. The lowest BCUT2D eigenvalue weighted by Crippen LogP contribution is -2.40. The molecule has 2 aromatic carbocycles. The maximum Gasteiger partial charge on any atom is 0.255 e. The van der Waals surface area contributed by atoms with E-state index in [2.05, 4.69) is 5.32 Å². The molecule has 0 saturated carbocycles. The zero-order valence-electron chi connectivity index (χ0n) is 16.2. The zero-order valence-corrected chi connectivity index (χ0v) is 17.0. The summed E-state index contributed by atoms with van der Waals surface area (Å²) in [5, 5.41) is 2.81. The fourth-order valence-corrected chi connectivity index (χ4v) is 4.56. The van der Waals surface area contributed by atoms with Crippen LogP contribution in [0.5, 0.6) is 5.75 Å². The number of aryl methyl sites for hydroxylation is 2. The van der Waals surface area contributed by atoms with Crippen molar-refractivity contribution >= 4 is 21.6 Å². The van der Waals surface area contributed by atoms with Crippen molar-refractivity contribution in [1.82, 2.24) is 4.31 Å². The second kappa shape index (κ2) is 8.30. The fraction of sp³-hybridized carbons (Fsp3) is 0.350. The maximum absolute atomic E-state index is 13.0. The molecule has 150 valence electrons. The van der Waals surface area contributed by atoms with Gasteiger partial charge < -0.3 is 14.8 Å². The van der Waals surface area contributed by atoms with E-state index in [4.69, 9.17) is 9.47 Å². The third-order valence-corrected chi connectivity index (χ3v) is 6.70. The first kappa shape index (κ1) is 20.3. The number of ether oxygens (including phenoxy) is 2. The van der Waals surface area contributed by atoms with Crippen LogP contribution in [-0.4, -0.2) is 52.0 Å². The van der Waals surface area contributed by atoms with E-state index in [9.17, 15) is 13.2 Å². The Morgan fingerprint density at radius 1 is 1.07 bits per heavy atom. The Bertz CT molecular complexity index is 982. The van der Waals surface area contributed by atoms with E-state index in [0.717, 1.165) is 11.1 Å². The summed E-state index contributed by atoms with van der Waals surface area (Å²) in [5.74, 6) is -0.182. The first-order valence-electron chi connectivity index (χ1n) is 8.97. The molecule has 8 heteroatoms. The molecule has 1 heterocycles. The monoisotopic (exact) mass is 404 g/mol. The van der Waals surface area contributed by atoms with E-state index >= 15 is 0 Å². The van der Waals surface area contributed by atoms with Crippen LogP contribution in [0.1, 0.15) is 21.5 Å². The van der Waals surface area contributed by atoms with E-state index in [1.807, 2.05) is 32.0 Å². The molecule has 0 bridgehead atoms. The number of nitrogens with zero attached hydrogens (tertiary/aromatic N) is 1. The van der Waals surface area contributed by atoms with Crippen LogP contribution in [0.25, 0.3) is 0 Å². The Hall–Kier alpha value is -2.42. The van der Waals surface area contributed by atoms with E-state index in [1.165, 1.54) is 23.5 Å². The first-order chi connectivity index (χ1) is 13.3. The highest BCUT2D eigenvalue weighted by atomic mass is 32.2. The molecule has 28 heavy (non-hydrogen) atoms. The summed E-state index contributed by atoms with van der Waals surface area (Å²) < 4.78 is 37.9. The van der Waals surface area contributed by atoms with Crippen molar-refractivity contribution in [3.05, 3.63) is 53.1 Å². The van der Waals surface area contributed by atoms with Crippen molar-refractivity contribution in [1.29, 1.82) is 0 Å². The van der Waals surface area contributed by atoms with Gasteiger partial charge >= 0.3 is 0 Å². The summed E-state index contributed by atoms with van der Waals surface area (Å²) in [5.41, 5.74) is 3.08. The summed E-state index contributed by atoms with van der Waals surface area (Å²) in [6, 6.07) is 10.0. The zero-order chi connectivity index (χ0) is 20.3. The van der Waals surface area contributed by atoms with Gasteiger partial charge in [-0.15, -0.1) is 0 Å². The van der Waals surface area contributed by atoms with Crippen molar-refractivity contribution in [2.24, 2.45) is 0 Å². The summed E-state index contributed by atoms with van der Waals surface area (Å²) in [6.45, 7) is 5.18. The van der Waals surface area contributed by atoms with Crippen molar-refractivity contribution in [2.45, 2.75) is 18.7 Å². The van der Waals surface area contributed by atoms with Crippen LogP contribution in [0.3, 0.4) is 0 Å². The molecule has 0 radical (unpaired) electrons. The number of carbonyl (C=O) groups excluding carboxylic acids is 1. The van der Waals surface area contributed by atoms with Crippen molar-refractivity contribution in [3.63, 3.8) is 0 Å². The summed E-state index contributed by atoms with van der Waals surface area (Å²) in [4.78, 5) is 12.7. The molecular weight excluding hydrogens is 380 g/mol. The number of sulfonamides is 1. The fourth-order valence-electron chi connectivity index (χ4n) is 2.97. The topological polar surface area (TPSA) is 84.9 Å². The summed E-state index contributed by atoms with van der Waals surface area (Å²) in [6.07, 6.45) is 0. The van der Waals surface area contributed by atoms with Gasteiger partial charge in [-0.3, -0.25) is 4.79 Å². The van der Waals surface area contributed by atoms with Crippen LogP contribution < -0.4 is 10.1 Å². The van der Waals surface area contributed by atoms with Gasteiger partial charge in [0.05, 0.1) is 20.3 Å². The minimum Gasteiger partial charge on any atom is -0.495 e. The van der Waals surface area contributed by atoms with Crippen LogP contribution in [0, 0.1) is 13.8 Å². The number of benzene rings is 2. The van der Waals surface area contributed by atoms with E-state index < -0.39 is 10.0 Å². The quantitative estimate of drug-likeness (QED) is 0.828. The van der Waals surface area contributed by atoms with Crippen LogP contribution in [0.15, 0.2) is 41.3 Å². The van der Waals surface area contributed by atoms with Crippen LogP contribution in [0.4, 0.5) is 5.69 Å². The minimum atomic E-state index is -3.80. The maximum atomic E-state index is 13.0. The molecule has 1 N–H and O–H groups in total. The average molecular weight is 404 g/mol. The lowest BCUT2D eigenvalue weighted by atomic mass is 10.1. The number of rotatable bonds is 5. The first-order valence-corrected chi connectivity index (χ1v) is 10.4. The second-order valence-electron chi connectivity index (χ2n) is 6.64. The van der Waals surface area contributed by atoms with Gasteiger partial charge in [0.1, 0.15) is 10.6 Å². The number of anilines is 1. The second-order valence-corrected chi connectivity index (χ2v) is 8.54. The number of amides is 1. The highest BCUT2D eigenvalue weighted by molar-refractivity contribution is 7.89. The Kier molecular flexibility index (Phi) is 6.02. The number of hydrogen-bond acceptors (Lipinski definition) is 5. The van der Waals surface area contributed by atoms with Gasteiger partial charge in [0, 0.05) is 24.3 Å². The number of nitrogens with one attached hydrogen (secondary N) is 1. The Morgan fingerprint density at radius 3 is 2.43 bits per heavy atom. The number of methoxy groups -OCH3 is 1. The van der Waals surface area contributed by atoms with Gasteiger partial charge in [-0.25, -0.2) is 8.42 Å². The van der Waals surface area contributed by atoms with E-state index in [-0.39, 0.29) is 35.2 Å². The van der Waals surface area contributed by atoms with Crippen molar-refractivity contribution in [2.75, 3.05) is 38.7 Å². The van der Waals surface area contributed by atoms with Crippen LogP contribution >= 0.6 is 0 Å². The van der Waals surface area contributed by atoms with Gasteiger partial charge in [-0.05, 0) is 55.3 Å². The molecule has 0 unspecified atom stereocenters. The molecule has 7 nitrogen and oxygen atoms in total. The molecule has 3 rings (SSSR count). The molecule has 0 atom stereocenters. The highest BCUT2D eigenvalue weighted by Crippen LogP contribution is 2.29. The molecule has 1 aliphatic rings. The third-order valence-electron chi connectivity index (χ3n) is 4.78. The highest BCUT2D eigenvalue weighted by Gasteiger charge is 2.30. The largest absolute Gasteiger partial charge is 0.495 e. The normalized spacial score (nSPS) is 15.2.